The number of ether oxygens (including phenoxy) is 1. The lowest BCUT2D eigenvalue weighted by atomic mass is 10.3. The Morgan fingerprint density at radius 2 is 1.86 bits per heavy atom. The van der Waals surface area contributed by atoms with Gasteiger partial charge in [-0.2, -0.15) is 0 Å². The zero-order chi connectivity index (χ0) is 15.5. The number of halogens is 1. The van der Waals surface area contributed by atoms with Crippen LogP contribution in [0.1, 0.15) is 12.8 Å². The Bertz CT molecular complexity index is 427. The van der Waals surface area contributed by atoms with E-state index < -0.39 is 0 Å². The van der Waals surface area contributed by atoms with Crippen molar-refractivity contribution in [3.05, 3.63) is 29.3 Å². The molecule has 21 heavy (non-hydrogen) atoms. The van der Waals surface area contributed by atoms with Crippen molar-refractivity contribution in [3.63, 3.8) is 0 Å². The quantitative estimate of drug-likeness (QED) is 0.688. The van der Waals surface area contributed by atoms with E-state index in [0.717, 1.165) is 19.4 Å². The fourth-order valence-corrected chi connectivity index (χ4v) is 1.87. The monoisotopic (exact) mass is 313 g/mol. The first-order valence-electron chi connectivity index (χ1n) is 7.13. The lowest BCUT2D eigenvalue weighted by Crippen LogP contribution is -2.37. The van der Waals surface area contributed by atoms with Crippen molar-refractivity contribution < 1.29 is 9.53 Å². The van der Waals surface area contributed by atoms with E-state index in [4.69, 9.17) is 16.3 Å². The van der Waals surface area contributed by atoms with Crippen LogP contribution in [0.25, 0.3) is 0 Å². The highest BCUT2D eigenvalue weighted by Gasteiger charge is 2.01. The molecule has 0 spiro atoms. The molecule has 0 aliphatic rings. The molecule has 0 heterocycles. The molecule has 118 valence electrons. The number of nitrogens with one attached hydrogen (secondary N) is 2. The van der Waals surface area contributed by atoms with Gasteiger partial charge in [0, 0.05) is 13.1 Å². The highest BCUT2D eigenvalue weighted by atomic mass is 35.5. The van der Waals surface area contributed by atoms with Crippen molar-refractivity contribution in [3.8, 4) is 5.75 Å². The van der Waals surface area contributed by atoms with E-state index in [1.54, 1.807) is 6.07 Å². The SMILES string of the molecule is CN(C)CCCNC(=O)NCCCOc1ccccc1Cl. The molecule has 0 aliphatic carbocycles. The molecule has 0 fully saturated rings. The average Bonchev–Trinajstić information content (AvgIpc) is 2.45. The summed E-state index contributed by atoms with van der Waals surface area (Å²) >= 11 is 5.97. The molecule has 5 nitrogen and oxygen atoms in total. The van der Waals surface area contributed by atoms with Crippen molar-refractivity contribution in [1.29, 1.82) is 0 Å². The molecular formula is C15H24ClN3O2. The minimum Gasteiger partial charge on any atom is -0.492 e. The van der Waals surface area contributed by atoms with Gasteiger partial charge in [-0.05, 0) is 45.6 Å². The Morgan fingerprint density at radius 3 is 2.52 bits per heavy atom. The molecule has 0 unspecified atom stereocenters. The third kappa shape index (κ3) is 8.42. The molecular weight excluding hydrogens is 290 g/mol. The third-order valence-electron chi connectivity index (χ3n) is 2.77. The Labute approximate surface area is 131 Å². The van der Waals surface area contributed by atoms with E-state index >= 15 is 0 Å². The van der Waals surface area contributed by atoms with Crippen molar-refractivity contribution in [2.45, 2.75) is 12.8 Å². The number of para-hydroxylation sites is 1. The molecule has 0 bridgehead atoms. The molecule has 1 aromatic rings. The number of rotatable bonds is 9. The van der Waals surface area contributed by atoms with Crippen molar-refractivity contribution in [1.82, 2.24) is 15.5 Å². The van der Waals surface area contributed by atoms with E-state index in [1.165, 1.54) is 0 Å². The zero-order valence-electron chi connectivity index (χ0n) is 12.7. The number of benzene rings is 1. The van der Waals surface area contributed by atoms with Gasteiger partial charge in [0.25, 0.3) is 0 Å². The second kappa shape index (κ2) is 10.3. The Morgan fingerprint density at radius 1 is 1.19 bits per heavy atom. The summed E-state index contributed by atoms with van der Waals surface area (Å²) in [5, 5.41) is 6.21. The minimum absolute atomic E-state index is 0.133. The first kappa shape index (κ1) is 17.6. The number of carbonyl (C=O) groups excluding carboxylic acids is 1. The highest BCUT2D eigenvalue weighted by molar-refractivity contribution is 6.32. The summed E-state index contributed by atoms with van der Waals surface area (Å²) in [5.41, 5.74) is 0. The fourth-order valence-electron chi connectivity index (χ4n) is 1.68. The maximum atomic E-state index is 11.5. The summed E-state index contributed by atoms with van der Waals surface area (Å²) < 4.78 is 5.53. The van der Waals surface area contributed by atoms with E-state index in [0.29, 0.717) is 30.5 Å². The summed E-state index contributed by atoms with van der Waals surface area (Å²) in [4.78, 5) is 13.6. The number of nitrogens with zero attached hydrogens (tertiary/aromatic N) is 1. The largest absolute Gasteiger partial charge is 0.492 e. The van der Waals surface area contributed by atoms with Crippen molar-refractivity contribution in [2.24, 2.45) is 0 Å². The molecule has 0 radical (unpaired) electrons. The van der Waals surface area contributed by atoms with E-state index in [9.17, 15) is 4.79 Å². The van der Waals surface area contributed by atoms with Crippen LogP contribution in [0.4, 0.5) is 4.79 Å². The number of amides is 2. The topological polar surface area (TPSA) is 53.6 Å². The van der Waals surface area contributed by atoms with Crippen LogP contribution in [0, 0.1) is 0 Å². The van der Waals surface area contributed by atoms with Crippen molar-refractivity contribution >= 4 is 17.6 Å². The van der Waals surface area contributed by atoms with E-state index in [2.05, 4.69) is 15.5 Å². The predicted octanol–water partition coefficient (Wildman–Crippen LogP) is 2.36. The van der Waals surface area contributed by atoms with Gasteiger partial charge in [0.1, 0.15) is 5.75 Å². The molecule has 0 saturated heterocycles. The molecule has 1 aromatic carbocycles. The number of urea groups is 1. The molecule has 1 rings (SSSR count). The fraction of sp³-hybridized carbons (Fsp3) is 0.533. The smallest absolute Gasteiger partial charge is 0.314 e. The molecule has 0 saturated carbocycles. The van der Waals surface area contributed by atoms with Crippen LogP contribution >= 0.6 is 11.6 Å². The van der Waals surface area contributed by atoms with Gasteiger partial charge in [0.05, 0.1) is 11.6 Å². The molecule has 0 aromatic heterocycles. The lowest BCUT2D eigenvalue weighted by molar-refractivity contribution is 0.238. The molecule has 6 heteroatoms. The van der Waals surface area contributed by atoms with Crippen LogP contribution < -0.4 is 15.4 Å². The highest BCUT2D eigenvalue weighted by Crippen LogP contribution is 2.22. The standard InChI is InChI=1S/C15H24ClN3O2/c1-19(2)11-5-9-17-15(20)18-10-6-12-21-14-8-4-3-7-13(14)16/h3-4,7-8H,5-6,9-12H2,1-2H3,(H2,17,18,20). The second-order valence-electron chi connectivity index (χ2n) is 4.97. The average molecular weight is 314 g/mol. The van der Waals surface area contributed by atoms with Crippen LogP contribution in [0.3, 0.4) is 0 Å². The van der Waals surface area contributed by atoms with Gasteiger partial charge in [0.2, 0.25) is 0 Å². The van der Waals surface area contributed by atoms with Gasteiger partial charge >= 0.3 is 6.03 Å². The zero-order valence-corrected chi connectivity index (χ0v) is 13.4. The van der Waals surface area contributed by atoms with E-state index in [-0.39, 0.29) is 6.03 Å². The van der Waals surface area contributed by atoms with Crippen LogP contribution in [0.5, 0.6) is 5.75 Å². The predicted molar refractivity (Wildman–Crippen MR) is 86.1 cm³/mol. The van der Waals surface area contributed by atoms with Gasteiger partial charge in [-0.3, -0.25) is 0 Å². The van der Waals surface area contributed by atoms with Gasteiger partial charge in [0.15, 0.2) is 0 Å². The second-order valence-corrected chi connectivity index (χ2v) is 5.38. The number of hydrogen-bond acceptors (Lipinski definition) is 3. The minimum atomic E-state index is -0.133. The summed E-state index contributed by atoms with van der Waals surface area (Å²) in [6.07, 6.45) is 1.67. The maximum Gasteiger partial charge on any atom is 0.314 e. The number of carbonyl (C=O) groups is 1. The third-order valence-corrected chi connectivity index (χ3v) is 3.08. The van der Waals surface area contributed by atoms with Crippen LogP contribution in [0.15, 0.2) is 24.3 Å². The maximum absolute atomic E-state index is 11.5. The Kier molecular flexibility index (Phi) is 8.62. The normalized spacial score (nSPS) is 10.5. The summed E-state index contributed by atoms with van der Waals surface area (Å²) in [6, 6.07) is 7.22. The molecule has 2 N–H and O–H groups in total. The van der Waals surface area contributed by atoms with Crippen LogP contribution in [-0.2, 0) is 0 Å². The van der Waals surface area contributed by atoms with Gasteiger partial charge in [-0.15, -0.1) is 0 Å². The Balaban J connectivity index is 2.01. The van der Waals surface area contributed by atoms with E-state index in [1.807, 2.05) is 32.3 Å². The molecule has 0 atom stereocenters. The van der Waals surface area contributed by atoms with Crippen LogP contribution in [-0.4, -0.2) is 51.3 Å². The van der Waals surface area contributed by atoms with Crippen molar-refractivity contribution in [2.75, 3.05) is 40.3 Å². The Hall–Kier alpha value is -1.46. The summed E-state index contributed by atoms with van der Waals surface area (Å²) in [6.45, 7) is 2.74. The lowest BCUT2D eigenvalue weighted by Gasteiger charge is -2.11. The summed E-state index contributed by atoms with van der Waals surface area (Å²) in [5.74, 6) is 0.673. The molecule has 2 amide bonds. The van der Waals surface area contributed by atoms with Gasteiger partial charge in [-0.1, -0.05) is 23.7 Å². The van der Waals surface area contributed by atoms with Gasteiger partial charge in [-0.25, -0.2) is 4.79 Å². The molecule has 0 aliphatic heterocycles. The van der Waals surface area contributed by atoms with Crippen LogP contribution in [0.2, 0.25) is 5.02 Å². The van der Waals surface area contributed by atoms with Gasteiger partial charge < -0.3 is 20.3 Å². The number of hydrogen-bond donors (Lipinski definition) is 2. The first-order chi connectivity index (χ1) is 10.1. The summed E-state index contributed by atoms with van der Waals surface area (Å²) in [7, 11) is 4.03. The first-order valence-corrected chi connectivity index (χ1v) is 7.51.